The number of likely N-dealkylation sites (tertiary alicyclic amines) is 2. The van der Waals surface area contributed by atoms with Gasteiger partial charge in [0.2, 0.25) is 0 Å². The second-order valence-corrected chi connectivity index (χ2v) is 6.32. The zero-order chi connectivity index (χ0) is 16.2. The van der Waals surface area contributed by atoms with Crippen LogP contribution in [0.2, 0.25) is 0 Å². The predicted octanol–water partition coefficient (Wildman–Crippen LogP) is 2.39. The molecule has 1 atom stereocenters. The van der Waals surface area contributed by atoms with E-state index in [1.165, 1.54) is 44.5 Å². The second-order valence-electron chi connectivity index (χ2n) is 6.32. The third-order valence-electron chi connectivity index (χ3n) is 4.79. The summed E-state index contributed by atoms with van der Waals surface area (Å²) in [6.45, 7) is 4.94. The van der Waals surface area contributed by atoms with E-state index >= 15 is 0 Å². The number of guanidine groups is 1. The smallest absolute Gasteiger partial charge is 0.193 e. The van der Waals surface area contributed by atoms with Crippen LogP contribution in [0.3, 0.4) is 0 Å². The normalized spacial score (nSPS) is 21.8. The van der Waals surface area contributed by atoms with Crippen molar-refractivity contribution in [2.45, 2.75) is 31.8 Å². The molecule has 7 heteroatoms. The number of aliphatic imine (C=N–C) groups is 1. The van der Waals surface area contributed by atoms with Crippen molar-refractivity contribution in [3.8, 4) is 5.75 Å². The van der Waals surface area contributed by atoms with Gasteiger partial charge in [-0.25, -0.2) is 4.39 Å². The van der Waals surface area contributed by atoms with Gasteiger partial charge in [0, 0.05) is 32.7 Å². The minimum Gasteiger partial charge on any atom is -0.505 e. The Morgan fingerprint density at radius 3 is 2.75 bits per heavy atom. The van der Waals surface area contributed by atoms with Crippen molar-refractivity contribution in [1.29, 1.82) is 0 Å². The molecule has 1 aromatic rings. The van der Waals surface area contributed by atoms with Crippen LogP contribution in [-0.4, -0.2) is 60.1 Å². The number of rotatable bonds is 3. The van der Waals surface area contributed by atoms with Crippen LogP contribution in [0.25, 0.3) is 0 Å². The lowest BCUT2D eigenvalue weighted by Crippen LogP contribution is -2.42. The average Bonchev–Trinajstić information content (AvgIpc) is 3.22. The number of aromatic hydroxyl groups is 1. The zero-order valence-electron chi connectivity index (χ0n) is 14.0. The lowest BCUT2D eigenvalue weighted by Gasteiger charge is -2.25. The van der Waals surface area contributed by atoms with Gasteiger partial charge in [-0.3, -0.25) is 9.89 Å². The fraction of sp³-hybridized carbons (Fsp3) is 0.588. The number of benzene rings is 1. The van der Waals surface area contributed by atoms with E-state index in [1.54, 1.807) is 13.1 Å². The highest BCUT2D eigenvalue weighted by Gasteiger charge is 2.30. The highest BCUT2D eigenvalue weighted by Crippen LogP contribution is 2.20. The topological polar surface area (TPSA) is 51.1 Å². The molecule has 0 bridgehead atoms. The molecule has 2 aliphatic rings. The maximum Gasteiger partial charge on any atom is 0.193 e. The van der Waals surface area contributed by atoms with Gasteiger partial charge in [-0.1, -0.05) is 6.07 Å². The van der Waals surface area contributed by atoms with Gasteiger partial charge in [0.25, 0.3) is 0 Å². The van der Waals surface area contributed by atoms with E-state index in [1.807, 2.05) is 0 Å². The van der Waals surface area contributed by atoms with E-state index in [0.717, 1.165) is 24.6 Å². The Balaban J connectivity index is 0.00000208. The standard InChI is InChI=1S/C17H25FN4O.HI/c1-19-17(20-11-13-4-5-16(23)15(18)10-13)22-9-6-14(12-22)21-7-2-3-8-21;/h4-5,10,14,23H,2-3,6-9,11-12H2,1H3,(H,19,20);1H. The van der Waals surface area contributed by atoms with E-state index in [0.29, 0.717) is 12.6 Å². The van der Waals surface area contributed by atoms with Crippen LogP contribution in [-0.2, 0) is 6.54 Å². The maximum absolute atomic E-state index is 13.4. The lowest BCUT2D eigenvalue weighted by atomic mass is 10.2. The van der Waals surface area contributed by atoms with Crippen molar-refractivity contribution in [1.82, 2.24) is 15.1 Å². The summed E-state index contributed by atoms with van der Waals surface area (Å²) in [7, 11) is 1.78. The first-order chi connectivity index (χ1) is 11.2. The molecule has 1 aromatic carbocycles. The zero-order valence-corrected chi connectivity index (χ0v) is 16.4. The molecule has 2 aliphatic heterocycles. The van der Waals surface area contributed by atoms with Crippen molar-refractivity contribution in [2.24, 2.45) is 4.99 Å². The molecule has 0 spiro atoms. The summed E-state index contributed by atoms with van der Waals surface area (Å²) in [5, 5.41) is 12.5. The van der Waals surface area contributed by atoms with Crippen LogP contribution >= 0.6 is 24.0 Å². The molecule has 2 heterocycles. The third kappa shape index (κ3) is 4.50. The van der Waals surface area contributed by atoms with Gasteiger partial charge in [0.05, 0.1) is 0 Å². The van der Waals surface area contributed by atoms with Crippen molar-refractivity contribution in [3.05, 3.63) is 29.6 Å². The number of halogens is 2. The first-order valence-corrected chi connectivity index (χ1v) is 8.34. The van der Waals surface area contributed by atoms with E-state index in [-0.39, 0.29) is 29.7 Å². The highest BCUT2D eigenvalue weighted by molar-refractivity contribution is 14.0. The highest BCUT2D eigenvalue weighted by atomic mass is 127. The van der Waals surface area contributed by atoms with Gasteiger partial charge in [-0.2, -0.15) is 0 Å². The van der Waals surface area contributed by atoms with Crippen LogP contribution in [0, 0.1) is 5.82 Å². The Morgan fingerprint density at radius 2 is 2.08 bits per heavy atom. The number of hydrogen-bond donors (Lipinski definition) is 2. The van der Waals surface area contributed by atoms with E-state index in [9.17, 15) is 9.50 Å². The lowest BCUT2D eigenvalue weighted by molar-refractivity contribution is 0.249. The summed E-state index contributed by atoms with van der Waals surface area (Å²) in [5.41, 5.74) is 0.789. The Bertz CT molecular complexity index is 578. The molecule has 1 unspecified atom stereocenters. The van der Waals surface area contributed by atoms with Gasteiger partial charge >= 0.3 is 0 Å². The Kier molecular flexibility index (Phi) is 7.09. The monoisotopic (exact) mass is 448 g/mol. The van der Waals surface area contributed by atoms with Crippen LogP contribution in [0.15, 0.2) is 23.2 Å². The van der Waals surface area contributed by atoms with Crippen LogP contribution in [0.4, 0.5) is 4.39 Å². The minimum absolute atomic E-state index is 0. The first kappa shape index (κ1) is 19.2. The largest absolute Gasteiger partial charge is 0.505 e. The number of nitrogens with zero attached hydrogens (tertiary/aromatic N) is 3. The minimum atomic E-state index is -0.588. The maximum atomic E-state index is 13.4. The molecule has 5 nitrogen and oxygen atoms in total. The quantitative estimate of drug-likeness (QED) is 0.424. The van der Waals surface area contributed by atoms with Gasteiger partial charge in [0.15, 0.2) is 17.5 Å². The number of nitrogens with one attached hydrogen (secondary N) is 1. The number of phenols is 1. The van der Waals surface area contributed by atoms with Crippen LogP contribution < -0.4 is 5.32 Å². The Morgan fingerprint density at radius 1 is 1.33 bits per heavy atom. The molecule has 3 rings (SSSR count). The molecule has 0 saturated carbocycles. The molecule has 2 fully saturated rings. The average molecular weight is 448 g/mol. The summed E-state index contributed by atoms with van der Waals surface area (Å²) < 4.78 is 13.4. The molecular weight excluding hydrogens is 422 g/mol. The predicted molar refractivity (Wildman–Crippen MR) is 104 cm³/mol. The summed E-state index contributed by atoms with van der Waals surface area (Å²) in [5.74, 6) is -0.0409. The SMILES string of the molecule is CN=C(NCc1ccc(O)c(F)c1)N1CCC(N2CCCC2)C1.I. The van der Waals surface area contributed by atoms with E-state index in [2.05, 4.69) is 20.1 Å². The van der Waals surface area contributed by atoms with Crippen molar-refractivity contribution in [2.75, 3.05) is 33.2 Å². The number of hydrogen-bond acceptors (Lipinski definition) is 3. The van der Waals surface area contributed by atoms with Crippen molar-refractivity contribution in [3.63, 3.8) is 0 Å². The van der Waals surface area contributed by atoms with Gasteiger partial charge in [-0.15, -0.1) is 24.0 Å². The second kappa shape index (κ2) is 8.84. The van der Waals surface area contributed by atoms with Crippen LogP contribution in [0.1, 0.15) is 24.8 Å². The summed E-state index contributed by atoms with van der Waals surface area (Å²) in [6, 6.07) is 5.08. The fourth-order valence-corrected chi connectivity index (χ4v) is 3.51. The van der Waals surface area contributed by atoms with Crippen molar-refractivity contribution < 1.29 is 9.50 Å². The van der Waals surface area contributed by atoms with Crippen LogP contribution in [0.5, 0.6) is 5.75 Å². The molecular formula is C17H26FIN4O. The summed E-state index contributed by atoms with van der Waals surface area (Å²) in [4.78, 5) is 9.22. The van der Waals surface area contributed by atoms with E-state index in [4.69, 9.17) is 0 Å². The summed E-state index contributed by atoms with van der Waals surface area (Å²) in [6.07, 6.45) is 3.81. The molecule has 2 saturated heterocycles. The molecule has 0 aromatic heterocycles. The summed E-state index contributed by atoms with van der Waals surface area (Å²) >= 11 is 0. The molecule has 0 amide bonds. The first-order valence-electron chi connectivity index (χ1n) is 8.34. The molecule has 2 N–H and O–H groups in total. The van der Waals surface area contributed by atoms with Gasteiger partial charge in [-0.05, 0) is 50.0 Å². The Labute approximate surface area is 160 Å². The molecule has 24 heavy (non-hydrogen) atoms. The molecule has 134 valence electrons. The molecule has 0 aliphatic carbocycles. The number of phenolic OH excluding ortho intramolecular Hbond substituents is 1. The Hall–Kier alpha value is -1.09. The molecule has 0 radical (unpaired) electrons. The van der Waals surface area contributed by atoms with Gasteiger partial charge < -0.3 is 15.3 Å². The van der Waals surface area contributed by atoms with Crippen molar-refractivity contribution >= 4 is 29.9 Å². The van der Waals surface area contributed by atoms with Gasteiger partial charge in [0.1, 0.15) is 0 Å². The fourth-order valence-electron chi connectivity index (χ4n) is 3.51. The van der Waals surface area contributed by atoms with E-state index < -0.39 is 5.82 Å². The third-order valence-corrected chi connectivity index (χ3v) is 4.79.